The number of anilines is 1. The number of aromatic nitrogens is 1. The molecule has 4 heteroatoms. The Labute approximate surface area is 107 Å². The molecule has 2 aromatic rings. The predicted molar refractivity (Wildman–Crippen MR) is 71.8 cm³/mol. The lowest BCUT2D eigenvalue weighted by molar-refractivity contribution is 0.568. The van der Waals surface area contributed by atoms with Gasteiger partial charge in [0.15, 0.2) is 0 Å². The zero-order valence-electron chi connectivity index (χ0n) is 10.5. The fraction of sp³-hybridized carbons (Fsp3) is 0.357. The maximum atomic E-state index is 5.21. The van der Waals surface area contributed by atoms with Crippen molar-refractivity contribution >= 4 is 5.82 Å². The van der Waals surface area contributed by atoms with E-state index in [1.54, 1.807) is 12.5 Å². The van der Waals surface area contributed by atoms with Crippen molar-refractivity contribution in [3.63, 3.8) is 0 Å². The third-order valence-corrected chi connectivity index (χ3v) is 3.37. The van der Waals surface area contributed by atoms with Crippen molar-refractivity contribution < 1.29 is 4.42 Å². The molecule has 0 radical (unpaired) electrons. The number of furan rings is 1. The Balaban J connectivity index is 2.05. The summed E-state index contributed by atoms with van der Waals surface area (Å²) in [5, 5.41) is 3.37. The van der Waals surface area contributed by atoms with Gasteiger partial charge < -0.3 is 14.6 Å². The summed E-state index contributed by atoms with van der Waals surface area (Å²) in [7, 11) is 0. The Kier molecular flexibility index (Phi) is 3.02. The highest BCUT2D eigenvalue weighted by molar-refractivity contribution is 5.78. The topological polar surface area (TPSA) is 41.3 Å². The molecule has 0 atom stereocenters. The first-order chi connectivity index (χ1) is 8.86. The minimum Gasteiger partial charge on any atom is -0.472 e. The van der Waals surface area contributed by atoms with Crippen LogP contribution in [0, 0.1) is 6.92 Å². The van der Waals surface area contributed by atoms with E-state index in [0.717, 1.165) is 37.6 Å². The Morgan fingerprint density at radius 1 is 1.28 bits per heavy atom. The average molecular weight is 243 g/mol. The van der Waals surface area contributed by atoms with Crippen molar-refractivity contribution in [2.75, 3.05) is 31.1 Å². The number of rotatable bonds is 2. The third kappa shape index (κ3) is 1.99. The van der Waals surface area contributed by atoms with Gasteiger partial charge in [0.25, 0.3) is 0 Å². The number of nitrogens with zero attached hydrogens (tertiary/aromatic N) is 2. The molecule has 0 aliphatic carbocycles. The highest BCUT2D eigenvalue weighted by Crippen LogP contribution is 2.32. The Morgan fingerprint density at radius 3 is 2.83 bits per heavy atom. The van der Waals surface area contributed by atoms with Crippen molar-refractivity contribution in [3.05, 3.63) is 36.4 Å². The van der Waals surface area contributed by atoms with Gasteiger partial charge in [0.1, 0.15) is 5.82 Å². The van der Waals surface area contributed by atoms with Gasteiger partial charge in [-0.05, 0) is 24.6 Å². The van der Waals surface area contributed by atoms with E-state index < -0.39 is 0 Å². The summed E-state index contributed by atoms with van der Waals surface area (Å²) < 4.78 is 5.21. The van der Waals surface area contributed by atoms with Gasteiger partial charge in [-0.1, -0.05) is 0 Å². The standard InChI is InChI=1S/C14H17N3O/c1-11-2-4-16-14(17-7-5-15-6-8-17)13(11)12-3-9-18-10-12/h2-4,9-10,15H,5-8H2,1H3. The van der Waals surface area contributed by atoms with Crippen LogP contribution in [-0.2, 0) is 0 Å². The van der Waals surface area contributed by atoms with Crippen molar-refractivity contribution in [1.82, 2.24) is 10.3 Å². The minimum absolute atomic E-state index is 1.00. The summed E-state index contributed by atoms with van der Waals surface area (Å²) in [6.07, 6.45) is 5.38. The van der Waals surface area contributed by atoms with Crippen LogP contribution in [0.1, 0.15) is 5.56 Å². The van der Waals surface area contributed by atoms with E-state index in [-0.39, 0.29) is 0 Å². The van der Waals surface area contributed by atoms with Crippen LogP contribution >= 0.6 is 0 Å². The molecule has 2 aromatic heterocycles. The first-order valence-electron chi connectivity index (χ1n) is 6.30. The molecule has 18 heavy (non-hydrogen) atoms. The van der Waals surface area contributed by atoms with E-state index in [4.69, 9.17) is 4.42 Å². The van der Waals surface area contributed by atoms with E-state index in [1.807, 2.05) is 18.3 Å². The molecule has 1 aliphatic rings. The Hall–Kier alpha value is -1.81. The molecule has 0 bridgehead atoms. The number of hydrogen-bond acceptors (Lipinski definition) is 4. The smallest absolute Gasteiger partial charge is 0.136 e. The van der Waals surface area contributed by atoms with Gasteiger partial charge >= 0.3 is 0 Å². The lowest BCUT2D eigenvalue weighted by Crippen LogP contribution is -2.44. The quantitative estimate of drug-likeness (QED) is 0.876. The molecule has 0 amide bonds. The van der Waals surface area contributed by atoms with Crippen LogP contribution in [0.4, 0.5) is 5.82 Å². The number of aryl methyl sites for hydroxylation is 1. The number of piperazine rings is 1. The molecule has 94 valence electrons. The van der Waals surface area contributed by atoms with Gasteiger partial charge in [0.05, 0.1) is 12.5 Å². The van der Waals surface area contributed by atoms with Crippen molar-refractivity contribution in [1.29, 1.82) is 0 Å². The van der Waals surface area contributed by atoms with Crippen molar-refractivity contribution in [2.45, 2.75) is 6.92 Å². The predicted octanol–water partition coefficient (Wildman–Crippen LogP) is 2.06. The first kappa shape index (κ1) is 11.3. The van der Waals surface area contributed by atoms with Gasteiger partial charge in [0.2, 0.25) is 0 Å². The van der Waals surface area contributed by atoms with Gasteiger partial charge in [-0.15, -0.1) is 0 Å². The highest BCUT2D eigenvalue weighted by atomic mass is 16.3. The average Bonchev–Trinajstić information content (AvgIpc) is 2.93. The number of pyridine rings is 1. The molecule has 0 aromatic carbocycles. The lowest BCUT2D eigenvalue weighted by Gasteiger charge is -2.30. The molecule has 1 aliphatic heterocycles. The van der Waals surface area contributed by atoms with Crippen LogP contribution in [0.15, 0.2) is 35.3 Å². The van der Waals surface area contributed by atoms with Crippen molar-refractivity contribution in [3.8, 4) is 11.1 Å². The van der Waals surface area contributed by atoms with Crippen LogP contribution in [0.5, 0.6) is 0 Å². The normalized spacial score (nSPS) is 15.9. The summed E-state index contributed by atoms with van der Waals surface area (Å²) in [6, 6.07) is 4.05. The Bertz CT molecular complexity index is 516. The lowest BCUT2D eigenvalue weighted by atomic mass is 10.0. The molecular formula is C14H17N3O. The largest absolute Gasteiger partial charge is 0.472 e. The van der Waals surface area contributed by atoms with Gasteiger partial charge in [-0.25, -0.2) is 4.98 Å². The van der Waals surface area contributed by atoms with E-state index in [9.17, 15) is 0 Å². The second-order valence-corrected chi connectivity index (χ2v) is 4.58. The van der Waals surface area contributed by atoms with Gasteiger partial charge in [-0.2, -0.15) is 0 Å². The summed E-state index contributed by atoms with van der Waals surface area (Å²) in [5.41, 5.74) is 3.53. The van der Waals surface area contributed by atoms with Crippen LogP contribution in [0.2, 0.25) is 0 Å². The van der Waals surface area contributed by atoms with Crippen LogP contribution in [0.25, 0.3) is 11.1 Å². The molecule has 0 saturated carbocycles. The maximum Gasteiger partial charge on any atom is 0.136 e. The molecule has 3 heterocycles. The number of nitrogens with one attached hydrogen (secondary N) is 1. The molecule has 1 N–H and O–H groups in total. The zero-order valence-corrected chi connectivity index (χ0v) is 10.5. The molecule has 0 unspecified atom stereocenters. The molecule has 4 nitrogen and oxygen atoms in total. The summed E-state index contributed by atoms with van der Waals surface area (Å²) in [4.78, 5) is 6.91. The SMILES string of the molecule is Cc1ccnc(N2CCNCC2)c1-c1ccoc1. The first-order valence-corrected chi connectivity index (χ1v) is 6.30. The summed E-state index contributed by atoms with van der Waals surface area (Å²) in [5.74, 6) is 1.07. The van der Waals surface area contributed by atoms with Crippen LogP contribution < -0.4 is 10.2 Å². The number of hydrogen-bond donors (Lipinski definition) is 1. The fourth-order valence-corrected chi connectivity index (χ4v) is 2.42. The van der Waals surface area contributed by atoms with E-state index in [1.165, 1.54) is 11.1 Å². The molecule has 1 saturated heterocycles. The minimum atomic E-state index is 1.00. The van der Waals surface area contributed by atoms with Crippen LogP contribution in [-0.4, -0.2) is 31.2 Å². The van der Waals surface area contributed by atoms with Gasteiger partial charge in [0, 0.05) is 43.5 Å². The Morgan fingerprint density at radius 2 is 2.11 bits per heavy atom. The van der Waals surface area contributed by atoms with Gasteiger partial charge in [-0.3, -0.25) is 0 Å². The molecular weight excluding hydrogens is 226 g/mol. The van der Waals surface area contributed by atoms with E-state index >= 15 is 0 Å². The van der Waals surface area contributed by atoms with E-state index in [2.05, 4.69) is 22.1 Å². The molecule has 1 fully saturated rings. The molecule has 0 spiro atoms. The monoisotopic (exact) mass is 243 g/mol. The fourth-order valence-electron chi connectivity index (χ4n) is 2.42. The van der Waals surface area contributed by atoms with Crippen molar-refractivity contribution in [2.24, 2.45) is 0 Å². The van der Waals surface area contributed by atoms with Crippen LogP contribution in [0.3, 0.4) is 0 Å². The third-order valence-electron chi connectivity index (χ3n) is 3.37. The van der Waals surface area contributed by atoms with E-state index in [0.29, 0.717) is 0 Å². The second kappa shape index (κ2) is 4.82. The summed E-state index contributed by atoms with van der Waals surface area (Å²) in [6.45, 7) is 6.15. The zero-order chi connectivity index (χ0) is 12.4. The highest BCUT2D eigenvalue weighted by Gasteiger charge is 2.18. The maximum absolute atomic E-state index is 5.21. The second-order valence-electron chi connectivity index (χ2n) is 4.58. The molecule has 3 rings (SSSR count). The summed E-state index contributed by atoms with van der Waals surface area (Å²) >= 11 is 0.